The summed E-state index contributed by atoms with van der Waals surface area (Å²) in [6, 6.07) is 21.5. The van der Waals surface area contributed by atoms with E-state index < -0.39 is 59.5 Å². The number of halogens is 3. The van der Waals surface area contributed by atoms with Crippen LogP contribution in [0.5, 0.6) is 11.5 Å². The molecule has 56 heavy (non-hydrogen) atoms. The highest BCUT2D eigenvalue weighted by Crippen LogP contribution is 2.57. The quantitative estimate of drug-likeness (QED) is 0.0842. The number of carbonyl (C=O) groups is 3. The van der Waals surface area contributed by atoms with Crippen LogP contribution in [0.4, 0.5) is 0 Å². The highest BCUT2D eigenvalue weighted by molar-refractivity contribution is 9.11. The van der Waals surface area contributed by atoms with Crippen LogP contribution in [0.2, 0.25) is 0 Å². The number of rotatable bonds is 8. The Morgan fingerprint density at radius 3 is 1.68 bits per heavy atom. The van der Waals surface area contributed by atoms with E-state index in [1.54, 1.807) is 86.6 Å². The third-order valence-electron chi connectivity index (χ3n) is 10.1. The van der Waals surface area contributed by atoms with E-state index in [9.17, 15) is 19.2 Å². The Bertz CT molecular complexity index is 2390. The molecule has 0 spiro atoms. The van der Waals surface area contributed by atoms with Crippen LogP contribution in [-0.2, 0) is 20.6 Å². The minimum Gasteiger partial charge on any atom is -0.489 e. The molecule has 2 aliphatic rings. The predicted octanol–water partition coefficient (Wildman–Crippen LogP) is 10.6. The Morgan fingerprint density at radius 2 is 1.18 bits per heavy atom. The SMILES string of the molecule is CCCc1cc(=O)oc2c3c(c4c(c12)OC(C)(C)[C@@H](OC(=O)c1ccc(Br)cc1)[C@H]4OC(=O)c1ccc(Br)cc1)O[C@@H](C)[C@H](C)[C@@H]3OC(=O)c1ccc(Br)cc1. The molecule has 5 atom stereocenters. The summed E-state index contributed by atoms with van der Waals surface area (Å²) in [5.41, 5.74) is 0.140. The van der Waals surface area contributed by atoms with Crippen molar-refractivity contribution in [3.05, 3.63) is 136 Å². The van der Waals surface area contributed by atoms with Crippen molar-refractivity contribution >= 4 is 76.7 Å². The van der Waals surface area contributed by atoms with E-state index in [-0.39, 0.29) is 39.3 Å². The van der Waals surface area contributed by atoms with Crippen molar-refractivity contribution in [2.75, 3.05) is 0 Å². The molecular weight excluding hydrogens is 916 g/mol. The van der Waals surface area contributed by atoms with Crippen LogP contribution < -0.4 is 15.1 Å². The summed E-state index contributed by atoms with van der Waals surface area (Å²) in [6.07, 6.45) is -3.02. The van der Waals surface area contributed by atoms with Gasteiger partial charge in [0.25, 0.3) is 0 Å². The Labute approximate surface area is 348 Å². The van der Waals surface area contributed by atoms with Gasteiger partial charge >= 0.3 is 23.5 Å². The lowest BCUT2D eigenvalue weighted by Crippen LogP contribution is -2.52. The van der Waals surface area contributed by atoms with Crippen LogP contribution in [0, 0.1) is 5.92 Å². The molecule has 2 aliphatic heterocycles. The van der Waals surface area contributed by atoms with Crippen molar-refractivity contribution in [2.24, 2.45) is 5.92 Å². The highest BCUT2D eigenvalue weighted by atomic mass is 79.9. The molecule has 0 saturated heterocycles. The first-order valence-electron chi connectivity index (χ1n) is 18.1. The minimum atomic E-state index is -1.33. The van der Waals surface area contributed by atoms with Gasteiger partial charge in [0.1, 0.15) is 29.3 Å². The average Bonchev–Trinajstić information content (AvgIpc) is 3.15. The lowest BCUT2D eigenvalue weighted by atomic mass is 9.80. The number of ether oxygens (including phenoxy) is 5. The van der Waals surface area contributed by atoms with Crippen molar-refractivity contribution in [1.82, 2.24) is 0 Å². The van der Waals surface area contributed by atoms with E-state index >= 15 is 0 Å². The van der Waals surface area contributed by atoms with Gasteiger partial charge < -0.3 is 28.1 Å². The molecule has 4 aromatic carbocycles. The zero-order valence-corrected chi connectivity index (χ0v) is 35.8. The van der Waals surface area contributed by atoms with Gasteiger partial charge in [0.05, 0.1) is 33.2 Å². The van der Waals surface area contributed by atoms with E-state index in [0.717, 1.165) is 13.4 Å². The Balaban J connectivity index is 1.49. The second kappa shape index (κ2) is 15.8. The summed E-state index contributed by atoms with van der Waals surface area (Å²) in [7, 11) is 0. The molecule has 5 aromatic rings. The fraction of sp³-hybridized carbons (Fsp3) is 0.302. The third kappa shape index (κ3) is 7.65. The minimum absolute atomic E-state index is 0.126. The van der Waals surface area contributed by atoms with E-state index in [0.29, 0.717) is 29.4 Å². The zero-order valence-electron chi connectivity index (χ0n) is 31.0. The Kier molecular flexibility index (Phi) is 11.2. The summed E-state index contributed by atoms with van der Waals surface area (Å²) in [5, 5.41) is 0.436. The van der Waals surface area contributed by atoms with Gasteiger partial charge in [-0.1, -0.05) is 68.1 Å². The smallest absolute Gasteiger partial charge is 0.338 e. The molecule has 10 nitrogen and oxygen atoms in total. The molecule has 13 heteroatoms. The van der Waals surface area contributed by atoms with Gasteiger partial charge in [0.2, 0.25) is 0 Å². The summed E-state index contributed by atoms with van der Waals surface area (Å²) >= 11 is 10.2. The topological polar surface area (TPSA) is 128 Å². The molecular formula is C43H37Br3O10. The zero-order chi connectivity index (χ0) is 40.1. The van der Waals surface area contributed by atoms with Crippen LogP contribution >= 0.6 is 47.8 Å². The lowest BCUT2D eigenvalue weighted by molar-refractivity contribution is -0.124. The Hall–Kier alpha value is -4.46. The molecule has 0 aliphatic carbocycles. The number of hydrogen-bond donors (Lipinski definition) is 0. The predicted molar refractivity (Wildman–Crippen MR) is 218 cm³/mol. The highest BCUT2D eigenvalue weighted by Gasteiger charge is 2.54. The number of carbonyl (C=O) groups excluding carboxylic acids is 3. The Morgan fingerprint density at radius 1 is 0.696 bits per heavy atom. The maximum absolute atomic E-state index is 14.1. The van der Waals surface area contributed by atoms with Gasteiger partial charge in [-0.05, 0) is 106 Å². The summed E-state index contributed by atoms with van der Waals surface area (Å²) in [4.78, 5) is 55.2. The number of hydrogen-bond acceptors (Lipinski definition) is 10. The molecule has 0 fully saturated rings. The van der Waals surface area contributed by atoms with Crippen LogP contribution in [0.25, 0.3) is 11.0 Å². The van der Waals surface area contributed by atoms with Gasteiger partial charge in [-0.3, -0.25) is 0 Å². The molecule has 0 amide bonds. The van der Waals surface area contributed by atoms with E-state index in [4.69, 9.17) is 28.1 Å². The van der Waals surface area contributed by atoms with Crippen molar-refractivity contribution in [3.8, 4) is 11.5 Å². The van der Waals surface area contributed by atoms with E-state index in [1.165, 1.54) is 6.07 Å². The van der Waals surface area contributed by atoms with Crippen LogP contribution in [-0.4, -0.2) is 35.7 Å². The van der Waals surface area contributed by atoms with Gasteiger partial charge in [-0.15, -0.1) is 0 Å². The molecule has 290 valence electrons. The molecule has 1 aromatic heterocycles. The standard InChI is InChI=1S/C43H37Br3O10/c1-6-7-26-20-30(47)52-35-31(26)37-33(36-32(35)34(21(2)22(3)51-36)53-40(48)23-8-14-27(44)15-9-23)38(54-41(49)24-10-16-28(45)17-11-24)39(43(4,5)56-37)55-42(50)25-12-18-29(46)19-13-25/h8-22,34,38-39H,6-7H2,1-5H3/t21-,22-,34-,38-,39-/m0/s1. The monoisotopic (exact) mass is 950 g/mol. The fourth-order valence-electron chi connectivity index (χ4n) is 7.12. The molecule has 0 unspecified atom stereocenters. The first-order chi connectivity index (χ1) is 26.7. The second-order valence-corrected chi connectivity index (χ2v) is 17.2. The summed E-state index contributed by atoms with van der Waals surface area (Å²) in [6.45, 7) is 9.14. The molecule has 0 radical (unpaired) electrons. The van der Waals surface area contributed by atoms with Crippen LogP contribution in [0.15, 0.2) is 101 Å². The molecule has 0 N–H and O–H groups in total. The average molecular weight is 953 g/mol. The van der Waals surface area contributed by atoms with E-state index in [1.807, 2.05) is 20.8 Å². The lowest BCUT2D eigenvalue weighted by Gasteiger charge is -2.46. The first-order valence-corrected chi connectivity index (χ1v) is 20.5. The van der Waals surface area contributed by atoms with Crippen LogP contribution in [0.1, 0.15) is 101 Å². The normalized spacial score (nSPS) is 20.8. The van der Waals surface area contributed by atoms with Gasteiger partial charge in [0, 0.05) is 25.4 Å². The molecule has 0 saturated carbocycles. The van der Waals surface area contributed by atoms with Gasteiger partial charge in [-0.2, -0.15) is 0 Å². The number of esters is 3. The van der Waals surface area contributed by atoms with Crippen LogP contribution in [0.3, 0.4) is 0 Å². The van der Waals surface area contributed by atoms with Gasteiger partial charge in [0.15, 0.2) is 17.8 Å². The second-order valence-electron chi connectivity index (χ2n) is 14.4. The van der Waals surface area contributed by atoms with Crippen molar-refractivity contribution < 1.29 is 42.5 Å². The van der Waals surface area contributed by atoms with Crippen molar-refractivity contribution in [3.63, 3.8) is 0 Å². The molecule has 3 heterocycles. The maximum Gasteiger partial charge on any atom is 0.338 e. The fourth-order valence-corrected chi connectivity index (χ4v) is 7.91. The van der Waals surface area contributed by atoms with Crippen molar-refractivity contribution in [2.45, 2.75) is 77.5 Å². The number of fused-ring (bicyclic) bond motifs is 6. The number of benzene rings is 4. The van der Waals surface area contributed by atoms with Crippen molar-refractivity contribution in [1.29, 1.82) is 0 Å². The number of aryl methyl sites for hydroxylation is 1. The molecule has 7 rings (SSSR count). The van der Waals surface area contributed by atoms with Gasteiger partial charge in [-0.25, -0.2) is 19.2 Å². The first kappa shape index (κ1) is 39.8. The summed E-state index contributed by atoms with van der Waals surface area (Å²) in [5.74, 6) is -2.06. The largest absolute Gasteiger partial charge is 0.489 e. The maximum atomic E-state index is 14.1. The van der Waals surface area contributed by atoms with E-state index in [2.05, 4.69) is 47.8 Å². The summed E-state index contributed by atoms with van der Waals surface area (Å²) < 4.78 is 41.0. The third-order valence-corrected chi connectivity index (χ3v) is 11.7. The molecule has 0 bridgehead atoms.